The van der Waals surface area contributed by atoms with Crippen molar-refractivity contribution in [2.75, 3.05) is 20.3 Å². The van der Waals surface area contributed by atoms with Crippen molar-refractivity contribution in [2.45, 2.75) is 76.9 Å². The molecular weight excluding hydrogens is 400 g/mol. The summed E-state index contributed by atoms with van der Waals surface area (Å²) in [5, 5.41) is 21.2. The molecule has 3 fully saturated rings. The van der Waals surface area contributed by atoms with Crippen LogP contribution in [0.3, 0.4) is 0 Å². The van der Waals surface area contributed by atoms with E-state index in [9.17, 15) is 5.11 Å². The van der Waals surface area contributed by atoms with Gasteiger partial charge in [-0.1, -0.05) is 37.6 Å². The Hall–Kier alpha value is -1.36. The highest BCUT2D eigenvalue weighted by Crippen LogP contribution is 2.69. The first kappa shape index (κ1) is 22.4. The molecule has 0 bridgehead atoms. The number of ether oxygens (including phenoxy) is 2. The third kappa shape index (κ3) is 3.20. The fourth-order valence-corrected chi connectivity index (χ4v) is 8.39. The predicted molar refractivity (Wildman–Crippen MR) is 125 cm³/mol. The lowest BCUT2D eigenvalue weighted by atomic mass is 9.46. The van der Waals surface area contributed by atoms with E-state index < -0.39 is 5.60 Å². The van der Waals surface area contributed by atoms with Gasteiger partial charge in [-0.15, -0.1) is 0 Å². The third-order valence-electron chi connectivity index (χ3n) is 10.2. The summed E-state index contributed by atoms with van der Waals surface area (Å²) >= 11 is 0. The number of rotatable bonds is 5. The molecule has 32 heavy (non-hydrogen) atoms. The van der Waals surface area contributed by atoms with Crippen molar-refractivity contribution < 1.29 is 19.7 Å². The van der Waals surface area contributed by atoms with Crippen LogP contribution in [0.2, 0.25) is 0 Å². The highest BCUT2D eigenvalue weighted by Gasteiger charge is 2.64. The van der Waals surface area contributed by atoms with Gasteiger partial charge in [0, 0.05) is 5.41 Å². The molecule has 4 heteroatoms. The van der Waals surface area contributed by atoms with Gasteiger partial charge in [-0.25, -0.2) is 0 Å². The van der Waals surface area contributed by atoms with Crippen molar-refractivity contribution in [1.82, 2.24) is 0 Å². The predicted octanol–water partition coefficient (Wildman–Crippen LogP) is 5.22. The number of fused-ring (bicyclic) bond motifs is 5. The third-order valence-corrected chi connectivity index (χ3v) is 10.2. The van der Waals surface area contributed by atoms with E-state index in [-0.39, 0.29) is 23.5 Å². The Morgan fingerprint density at radius 2 is 1.72 bits per heavy atom. The second-order valence-corrected chi connectivity index (χ2v) is 11.3. The van der Waals surface area contributed by atoms with E-state index in [0.29, 0.717) is 24.4 Å². The van der Waals surface area contributed by atoms with Crippen molar-refractivity contribution in [3.8, 4) is 5.75 Å². The smallest absolute Gasteiger partial charge is 0.118 e. The molecule has 4 aliphatic carbocycles. The summed E-state index contributed by atoms with van der Waals surface area (Å²) in [6.07, 6.45) is 11.5. The van der Waals surface area contributed by atoms with Gasteiger partial charge in [-0.2, -0.15) is 0 Å². The Labute approximate surface area is 193 Å². The molecule has 2 N–H and O–H groups in total. The summed E-state index contributed by atoms with van der Waals surface area (Å²) in [5.74, 6) is 2.82. The van der Waals surface area contributed by atoms with Gasteiger partial charge in [-0.3, -0.25) is 0 Å². The van der Waals surface area contributed by atoms with E-state index in [1.165, 1.54) is 19.3 Å². The van der Waals surface area contributed by atoms with Gasteiger partial charge in [0.05, 0.1) is 32.0 Å². The molecule has 0 heterocycles. The molecule has 1 aromatic carbocycles. The molecule has 0 unspecified atom stereocenters. The van der Waals surface area contributed by atoms with Crippen molar-refractivity contribution in [3.05, 3.63) is 41.5 Å². The number of aliphatic hydroxyl groups excluding tert-OH is 1. The summed E-state index contributed by atoms with van der Waals surface area (Å²) in [4.78, 5) is 0. The van der Waals surface area contributed by atoms with Gasteiger partial charge in [0.25, 0.3) is 0 Å². The maximum Gasteiger partial charge on any atom is 0.118 e. The number of methoxy groups -OCH3 is 1. The van der Waals surface area contributed by atoms with E-state index in [1.807, 2.05) is 12.1 Å². The van der Waals surface area contributed by atoms with Crippen LogP contribution in [0, 0.1) is 28.6 Å². The summed E-state index contributed by atoms with van der Waals surface area (Å²) < 4.78 is 11.2. The Morgan fingerprint density at radius 1 is 0.969 bits per heavy atom. The van der Waals surface area contributed by atoms with E-state index >= 15 is 0 Å². The number of benzene rings is 1. The van der Waals surface area contributed by atoms with Gasteiger partial charge in [0.15, 0.2) is 0 Å². The summed E-state index contributed by atoms with van der Waals surface area (Å²) in [6, 6.07) is 8.14. The SMILES string of the molecule is COc1ccc([C@]2(O)CC[C@H]3[C@@H]4CCC5=C[C@@H](OCCO)CC[C@]5(C)[C@H]4CC[C@@]32C)cc1. The molecule has 1 aromatic rings. The lowest BCUT2D eigenvalue weighted by Gasteiger charge is -2.59. The van der Waals surface area contributed by atoms with Gasteiger partial charge in [0.2, 0.25) is 0 Å². The molecule has 0 amide bonds. The fourth-order valence-electron chi connectivity index (χ4n) is 8.39. The van der Waals surface area contributed by atoms with Crippen LogP contribution < -0.4 is 4.74 Å². The molecule has 5 rings (SSSR count). The Bertz CT molecular complexity index is 863. The summed E-state index contributed by atoms with van der Waals surface area (Å²) in [6.45, 7) is 5.41. The van der Waals surface area contributed by atoms with Crippen LogP contribution in [0.15, 0.2) is 35.9 Å². The molecule has 0 spiro atoms. The molecule has 3 saturated carbocycles. The molecule has 0 radical (unpaired) electrons. The van der Waals surface area contributed by atoms with Gasteiger partial charge < -0.3 is 19.7 Å². The number of hydrogen-bond acceptors (Lipinski definition) is 4. The van der Waals surface area contributed by atoms with Crippen LogP contribution >= 0.6 is 0 Å². The van der Waals surface area contributed by atoms with E-state index in [1.54, 1.807) is 12.7 Å². The van der Waals surface area contributed by atoms with Crippen molar-refractivity contribution in [3.63, 3.8) is 0 Å². The lowest BCUT2D eigenvalue weighted by molar-refractivity contribution is -0.133. The van der Waals surface area contributed by atoms with Crippen molar-refractivity contribution in [2.24, 2.45) is 28.6 Å². The zero-order valence-corrected chi connectivity index (χ0v) is 20.0. The largest absolute Gasteiger partial charge is 0.497 e. The minimum Gasteiger partial charge on any atom is -0.497 e. The second-order valence-electron chi connectivity index (χ2n) is 11.3. The monoisotopic (exact) mass is 440 g/mol. The topological polar surface area (TPSA) is 58.9 Å². The van der Waals surface area contributed by atoms with Crippen LogP contribution in [-0.2, 0) is 10.3 Å². The van der Waals surface area contributed by atoms with Crippen LogP contribution in [0.5, 0.6) is 5.75 Å². The normalized spacial score (nSPS) is 43.1. The average molecular weight is 441 g/mol. The zero-order valence-electron chi connectivity index (χ0n) is 20.0. The Morgan fingerprint density at radius 3 is 2.44 bits per heavy atom. The van der Waals surface area contributed by atoms with E-state index in [2.05, 4.69) is 32.1 Å². The molecule has 4 nitrogen and oxygen atoms in total. The first-order chi connectivity index (χ1) is 15.4. The Balaban J connectivity index is 1.40. The highest BCUT2D eigenvalue weighted by atomic mass is 16.5. The number of hydrogen-bond donors (Lipinski definition) is 2. The minimum atomic E-state index is -0.748. The molecule has 176 valence electrons. The molecule has 4 aliphatic rings. The standard InChI is InChI=1S/C28H40O4/c1-26-13-10-22(32-17-16-29)18-20(26)6-9-23-24(26)11-14-27(2)25(23)12-15-28(27,30)19-4-7-21(31-3)8-5-19/h4-5,7-8,18,22-25,29-30H,6,9-17H2,1-3H3/t22-,23+,24-,25-,26-,27-,28+/m0/s1. The molecule has 0 aromatic heterocycles. The molecule has 7 atom stereocenters. The van der Waals surface area contributed by atoms with Crippen LogP contribution in [0.1, 0.15) is 70.8 Å². The van der Waals surface area contributed by atoms with Crippen LogP contribution in [0.4, 0.5) is 0 Å². The fraction of sp³-hybridized carbons (Fsp3) is 0.714. The Kier molecular flexibility index (Phi) is 5.71. The molecular formula is C28H40O4. The summed E-state index contributed by atoms with van der Waals surface area (Å²) in [5.41, 5.74) is 2.11. The highest BCUT2D eigenvalue weighted by molar-refractivity contribution is 5.35. The summed E-state index contributed by atoms with van der Waals surface area (Å²) in [7, 11) is 1.69. The first-order valence-corrected chi connectivity index (χ1v) is 12.7. The van der Waals surface area contributed by atoms with E-state index in [4.69, 9.17) is 14.6 Å². The average Bonchev–Trinajstić information content (AvgIpc) is 3.09. The quantitative estimate of drug-likeness (QED) is 0.616. The van der Waals surface area contributed by atoms with Crippen LogP contribution in [0.25, 0.3) is 0 Å². The number of allylic oxidation sites excluding steroid dienone is 1. The molecule has 0 saturated heterocycles. The maximum absolute atomic E-state index is 12.1. The molecule has 0 aliphatic heterocycles. The zero-order chi connectivity index (χ0) is 22.6. The van der Waals surface area contributed by atoms with Crippen molar-refractivity contribution in [1.29, 1.82) is 0 Å². The number of aliphatic hydroxyl groups is 2. The van der Waals surface area contributed by atoms with Crippen molar-refractivity contribution >= 4 is 0 Å². The van der Waals surface area contributed by atoms with E-state index in [0.717, 1.165) is 43.4 Å². The lowest BCUT2D eigenvalue weighted by Crippen LogP contribution is -2.54. The first-order valence-electron chi connectivity index (χ1n) is 12.7. The van der Waals surface area contributed by atoms with Gasteiger partial charge >= 0.3 is 0 Å². The second kappa shape index (κ2) is 8.14. The minimum absolute atomic E-state index is 0.0677. The van der Waals surface area contributed by atoms with Crippen LogP contribution in [-0.4, -0.2) is 36.6 Å². The van der Waals surface area contributed by atoms with Gasteiger partial charge in [-0.05, 0) is 92.2 Å². The maximum atomic E-state index is 12.1. The van der Waals surface area contributed by atoms with Gasteiger partial charge in [0.1, 0.15) is 5.75 Å².